The van der Waals surface area contributed by atoms with E-state index in [9.17, 15) is 18.0 Å². The number of likely N-dealkylation sites (N-methyl/N-ethyl adjacent to an activating group) is 1. The lowest BCUT2D eigenvalue weighted by Gasteiger charge is -2.26. The van der Waals surface area contributed by atoms with E-state index < -0.39 is 17.8 Å². The molecular formula is C15H20F3NO. The zero-order valence-corrected chi connectivity index (χ0v) is 12.2. The number of halogens is 3. The third-order valence-electron chi connectivity index (χ3n) is 3.41. The molecule has 0 bridgehead atoms. The maximum Gasteiger partial charge on any atom is 0.416 e. The van der Waals surface area contributed by atoms with E-state index in [1.54, 1.807) is 32.0 Å². The summed E-state index contributed by atoms with van der Waals surface area (Å²) in [5, 5.41) is 0. The second-order valence-electron chi connectivity index (χ2n) is 5.20. The van der Waals surface area contributed by atoms with E-state index in [0.29, 0.717) is 12.0 Å². The number of hydrogen-bond donors (Lipinski definition) is 0. The van der Waals surface area contributed by atoms with Crippen LogP contribution in [0.2, 0.25) is 0 Å². The van der Waals surface area contributed by atoms with Gasteiger partial charge < -0.3 is 0 Å². The Kier molecular flexibility index (Phi) is 5.34. The lowest BCUT2D eigenvalue weighted by atomic mass is 9.91. The Bertz CT molecular complexity index is 468. The standard InChI is InChI=1S/C15H20F3NO/c1-5-10(2)14(20)13(19(3)4)11-7-6-8-12(9-11)15(16,17)18/h6-10,13H,5H2,1-4H3. The van der Waals surface area contributed by atoms with Crippen molar-refractivity contribution in [2.24, 2.45) is 5.92 Å². The molecule has 2 atom stereocenters. The van der Waals surface area contributed by atoms with Crippen molar-refractivity contribution in [2.45, 2.75) is 32.5 Å². The SMILES string of the molecule is CCC(C)C(=O)C(c1cccc(C(F)(F)F)c1)N(C)C. The van der Waals surface area contributed by atoms with Gasteiger partial charge in [0.15, 0.2) is 5.78 Å². The summed E-state index contributed by atoms with van der Waals surface area (Å²) in [4.78, 5) is 14.0. The molecule has 20 heavy (non-hydrogen) atoms. The van der Waals surface area contributed by atoms with Crippen molar-refractivity contribution in [1.82, 2.24) is 4.90 Å². The second-order valence-corrected chi connectivity index (χ2v) is 5.20. The van der Waals surface area contributed by atoms with Crippen LogP contribution in [0.15, 0.2) is 24.3 Å². The quantitative estimate of drug-likeness (QED) is 0.818. The van der Waals surface area contributed by atoms with Crippen LogP contribution in [0.3, 0.4) is 0 Å². The van der Waals surface area contributed by atoms with Gasteiger partial charge in [-0.2, -0.15) is 13.2 Å². The van der Waals surface area contributed by atoms with Crippen LogP contribution in [0.1, 0.15) is 37.4 Å². The maximum absolute atomic E-state index is 12.8. The molecule has 0 saturated heterocycles. The molecule has 112 valence electrons. The fourth-order valence-electron chi connectivity index (χ4n) is 2.07. The molecule has 2 unspecified atom stereocenters. The molecule has 0 saturated carbocycles. The minimum Gasteiger partial charge on any atom is -0.297 e. The summed E-state index contributed by atoms with van der Waals surface area (Å²) >= 11 is 0. The Hall–Kier alpha value is -1.36. The summed E-state index contributed by atoms with van der Waals surface area (Å²) in [7, 11) is 3.40. The fourth-order valence-corrected chi connectivity index (χ4v) is 2.07. The highest BCUT2D eigenvalue weighted by Crippen LogP contribution is 2.32. The summed E-state index contributed by atoms with van der Waals surface area (Å²) in [6.07, 6.45) is -3.73. The maximum atomic E-state index is 12.8. The molecule has 1 rings (SSSR count). The van der Waals surface area contributed by atoms with E-state index >= 15 is 0 Å². The first-order chi connectivity index (χ1) is 9.18. The molecule has 1 aromatic carbocycles. The van der Waals surface area contributed by atoms with E-state index in [-0.39, 0.29) is 11.7 Å². The van der Waals surface area contributed by atoms with Gasteiger partial charge >= 0.3 is 6.18 Å². The fraction of sp³-hybridized carbons (Fsp3) is 0.533. The van der Waals surface area contributed by atoms with Crippen molar-refractivity contribution >= 4 is 5.78 Å². The van der Waals surface area contributed by atoms with Crippen LogP contribution in [0, 0.1) is 5.92 Å². The molecule has 0 aliphatic carbocycles. The van der Waals surface area contributed by atoms with Gasteiger partial charge in [0, 0.05) is 5.92 Å². The summed E-state index contributed by atoms with van der Waals surface area (Å²) in [6.45, 7) is 3.69. The highest BCUT2D eigenvalue weighted by molar-refractivity contribution is 5.87. The molecule has 0 spiro atoms. The summed E-state index contributed by atoms with van der Waals surface area (Å²) < 4.78 is 38.3. The van der Waals surface area contributed by atoms with Gasteiger partial charge in [-0.3, -0.25) is 9.69 Å². The van der Waals surface area contributed by atoms with E-state index in [4.69, 9.17) is 0 Å². The van der Waals surface area contributed by atoms with Crippen molar-refractivity contribution in [3.8, 4) is 0 Å². The van der Waals surface area contributed by atoms with Crippen LogP contribution in [-0.4, -0.2) is 24.8 Å². The molecule has 0 aliphatic rings. The first-order valence-electron chi connectivity index (χ1n) is 6.55. The van der Waals surface area contributed by atoms with Gasteiger partial charge in [-0.1, -0.05) is 26.0 Å². The number of Topliss-reactive ketones (excluding diaryl/α,β-unsaturated/α-hetero) is 1. The van der Waals surface area contributed by atoms with E-state index in [2.05, 4.69) is 0 Å². The Morgan fingerprint density at radius 1 is 1.30 bits per heavy atom. The Morgan fingerprint density at radius 3 is 2.35 bits per heavy atom. The van der Waals surface area contributed by atoms with Gasteiger partial charge in [-0.15, -0.1) is 0 Å². The van der Waals surface area contributed by atoms with Crippen LogP contribution in [-0.2, 0) is 11.0 Å². The Labute approximate surface area is 117 Å². The van der Waals surface area contributed by atoms with Crippen molar-refractivity contribution in [3.63, 3.8) is 0 Å². The van der Waals surface area contributed by atoms with Gasteiger partial charge in [0.05, 0.1) is 11.6 Å². The van der Waals surface area contributed by atoms with Gasteiger partial charge in [0.1, 0.15) is 0 Å². The average molecular weight is 287 g/mol. The first-order valence-corrected chi connectivity index (χ1v) is 6.55. The number of nitrogens with zero attached hydrogens (tertiary/aromatic N) is 1. The molecule has 0 aliphatic heterocycles. The third kappa shape index (κ3) is 3.82. The number of alkyl halides is 3. The molecule has 0 radical (unpaired) electrons. The van der Waals surface area contributed by atoms with E-state index in [1.165, 1.54) is 6.07 Å². The van der Waals surface area contributed by atoms with Crippen molar-refractivity contribution in [2.75, 3.05) is 14.1 Å². The Balaban J connectivity index is 3.20. The van der Waals surface area contributed by atoms with Gasteiger partial charge in [-0.05, 0) is 38.2 Å². The number of carbonyl (C=O) groups excluding carboxylic acids is 1. The van der Waals surface area contributed by atoms with Crippen LogP contribution < -0.4 is 0 Å². The number of rotatable bonds is 5. The molecule has 0 N–H and O–H groups in total. The molecule has 0 aromatic heterocycles. The predicted octanol–water partition coefficient (Wildman–Crippen LogP) is 3.92. The van der Waals surface area contributed by atoms with Crippen molar-refractivity contribution < 1.29 is 18.0 Å². The molecule has 2 nitrogen and oxygen atoms in total. The predicted molar refractivity (Wildman–Crippen MR) is 72.3 cm³/mol. The topological polar surface area (TPSA) is 20.3 Å². The Morgan fingerprint density at radius 2 is 1.90 bits per heavy atom. The highest BCUT2D eigenvalue weighted by Gasteiger charge is 2.33. The van der Waals surface area contributed by atoms with Crippen molar-refractivity contribution in [3.05, 3.63) is 35.4 Å². The molecule has 0 fully saturated rings. The number of benzene rings is 1. The summed E-state index contributed by atoms with van der Waals surface area (Å²) in [5.41, 5.74) is -0.339. The number of ketones is 1. The third-order valence-corrected chi connectivity index (χ3v) is 3.41. The minimum absolute atomic E-state index is 0.0585. The lowest BCUT2D eigenvalue weighted by Crippen LogP contribution is -2.31. The zero-order valence-electron chi connectivity index (χ0n) is 12.2. The van der Waals surface area contributed by atoms with Crippen LogP contribution >= 0.6 is 0 Å². The number of hydrogen-bond acceptors (Lipinski definition) is 2. The van der Waals surface area contributed by atoms with Crippen molar-refractivity contribution in [1.29, 1.82) is 0 Å². The normalized spacial score (nSPS) is 15.2. The smallest absolute Gasteiger partial charge is 0.297 e. The van der Waals surface area contributed by atoms with Gasteiger partial charge in [-0.25, -0.2) is 0 Å². The molecule has 0 amide bonds. The molecule has 0 heterocycles. The number of carbonyl (C=O) groups is 1. The minimum atomic E-state index is -4.40. The zero-order chi connectivity index (χ0) is 15.5. The largest absolute Gasteiger partial charge is 0.416 e. The highest BCUT2D eigenvalue weighted by atomic mass is 19.4. The lowest BCUT2D eigenvalue weighted by molar-refractivity contribution is -0.138. The van der Waals surface area contributed by atoms with Crippen LogP contribution in [0.25, 0.3) is 0 Å². The van der Waals surface area contributed by atoms with Crippen LogP contribution in [0.5, 0.6) is 0 Å². The second kappa shape index (κ2) is 6.39. The van der Waals surface area contributed by atoms with E-state index in [1.807, 2.05) is 6.92 Å². The monoisotopic (exact) mass is 287 g/mol. The van der Waals surface area contributed by atoms with Crippen LogP contribution in [0.4, 0.5) is 13.2 Å². The molecular weight excluding hydrogens is 267 g/mol. The van der Waals surface area contributed by atoms with E-state index in [0.717, 1.165) is 12.1 Å². The summed E-state index contributed by atoms with van der Waals surface area (Å²) in [5.74, 6) is -0.242. The van der Waals surface area contributed by atoms with Gasteiger partial charge in [0.2, 0.25) is 0 Å². The molecule has 5 heteroatoms. The first kappa shape index (κ1) is 16.7. The summed E-state index contributed by atoms with van der Waals surface area (Å²) in [6, 6.07) is 4.35. The molecule has 1 aromatic rings. The average Bonchev–Trinajstić information content (AvgIpc) is 2.36. The van der Waals surface area contributed by atoms with Gasteiger partial charge in [0.25, 0.3) is 0 Å².